The van der Waals surface area contributed by atoms with Crippen molar-refractivity contribution in [3.05, 3.63) is 72.0 Å². The molecule has 1 unspecified atom stereocenters. The number of benzene rings is 1. The van der Waals surface area contributed by atoms with Crippen LogP contribution in [0.3, 0.4) is 0 Å². The van der Waals surface area contributed by atoms with Gasteiger partial charge in [0.05, 0.1) is 12.5 Å². The summed E-state index contributed by atoms with van der Waals surface area (Å²) in [5, 5.41) is 10.6. The highest BCUT2D eigenvalue weighted by Gasteiger charge is 2.48. The molecule has 0 spiro atoms. The SMILES string of the molecule is C/C=C/C(C)(C)C[C@H]1[C@H](C(=O)O)[C@@H](c2ccc3c(c2)OCO3)CN1CC(=O)N(CCCC)C1=C/CCC(C)/C=C/C=C\1. The average Bonchev–Trinajstić information content (AvgIpc) is 3.56. The van der Waals surface area contributed by atoms with E-state index in [0.29, 0.717) is 36.9 Å². The van der Waals surface area contributed by atoms with Gasteiger partial charge in [-0.3, -0.25) is 14.5 Å². The number of unbranched alkanes of at least 4 members (excludes halogenated alkanes) is 1. The smallest absolute Gasteiger partial charge is 0.308 e. The van der Waals surface area contributed by atoms with E-state index in [1.165, 1.54) is 0 Å². The molecule has 42 heavy (non-hydrogen) atoms. The van der Waals surface area contributed by atoms with Crippen molar-refractivity contribution in [3.63, 3.8) is 0 Å². The van der Waals surface area contributed by atoms with E-state index in [1.807, 2.05) is 48.3 Å². The van der Waals surface area contributed by atoms with Gasteiger partial charge in [0, 0.05) is 30.7 Å². The fraction of sp³-hybridized carbons (Fsp3) is 0.543. The monoisotopic (exact) mass is 576 g/mol. The number of rotatable bonds is 11. The number of aliphatic carboxylic acids is 1. The number of nitrogens with zero attached hydrogens (tertiary/aromatic N) is 2. The molecular formula is C35H48N2O5. The van der Waals surface area contributed by atoms with Gasteiger partial charge in [-0.15, -0.1) is 0 Å². The third kappa shape index (κ3) is 7.74. The van der Waals surface area contributed by atoms with Crippen LogP contribution in [0.5, 0.6) is 11.5 Å². The number of carbonyl (C=O) groups excluding carboxylic acids is 1. The Morgan fingerprint density at radius 2 is 1.98 bits per heavy atom. The Morgan fingerprint density at radius 1 is 1.19 bits per heavy atom. The van der Waals surface area contributed by atoms with Crippen molar-refractivity contribution in [2.24, 2.45) is 17.3 Å². The molecule has 7 heteroatoms. The number of allylic oxidation sites excluding steroid dienone is 7. The van der Waals surface area contributed by atoms with Crippen molar-refractivity contribution in [1.29, 1.82) is 0 Å². The van der Waals surface area contributed by atoms with Crippen LogP contribution < -0.4 is 9.47 Å². The van der Waals surface area contributed by atoms with Crippen LogP contribution in [0.4, 0.5) is 0 Å². The molecular weight excluding hydrogens is 528 g/mol. The Balaban J connectivity index is 1.66. The lowest BCUT2D eigenvalue weighted by atomic mass is 9.77. The van der Waals surface area contributed by atoms with Crippen molar-refractivity contribution in [1.82, 2.24) is 9.80 Å². The van der Waals surface area contributed by atoms with Crippen LogP contribution >= 0.6 is 0 Å². The number of carboxylic acids is 1. The van der Waals surface area contributed by atoms with E-state index in [9.17, 15) is 14.7 Å². The number of amides is 1. The number of carbonyl (C=O) groups is 2. The van der Waals surface area contributed by atoms with Crippen LogP contribution in [0.25, 0.3) is 0 Å². The third-order valence-electron chi connectivity index (χ3n) is 8.69. The minimum Gasteiger partial charge on any atom is -0.481 e. The number of ether oxygens (including phenoxy) is 2. The molecule has 1 saturated heterocycles. The van der Waals surface area contributed by atoms with Gasteiger partial charge in [0.1, 0.15) is 0 Å². The molecule has 7 nitrogen and oxygen atoms in total. The number of hydrogen-bond acceptors (Lipinski definition) is 5. The van der Waals surface area contributed by atoms with E-state index in [-0.39, 0.29) is 36.6 Å². The van der Waals surface area contributed by atoms with Gasteiger partial charge in [-0.2, -0.15) is 0 Å². The Morgan fingerprint density at radius 3 is 2.71 bits per heavy atom. The van der Waals surface area contributed by atoms with Gasteiger partial charge >= 0.3 is 5.97 Å². The summed E-state index contributed by atoms with van der Waals surface area (Å²) < 4.78 is 11.1. The second kappa shape index (κ2) is 14.2. The maximum Gasteiger partial charge on any atom is 0.308 e. The lowest BCUT2D eigenvalue weighted by Crippen LogP contribution is -2.45. The zero-order chi connectivity index (χ0) is 30.3. The van der Waals surface area contributed by atoms with E-state index >= 15 is 0 Å². The molecule has 0 saturated carbocycles. The molecule has 4 atom stereocenters. The van der Waals surface area contributed by atoms with Crippen molar-refractivity contribution in [2.75, 3.05) is 26.4 Å². The summed E-state index contributed by atoms with van der Waals surface area (Å²) in [7, 11) is 0. The first-order valence-corrected chi connectivity index (χ1v) is 15.5. The van der Waals surface area contributed by atoms with Crippen LogP contribution in [0, 0.1) is 17.3 Å². The first kappa shape index (κ1) is 31.6. The molecule has 3 aliphatic rings. The van der Waals surface area contributed by atoms with Gasteiger partial charge in [-0.1, -0.05) is 76.6 Å². The zero-order valence-corrected chi connectivity index (χ0v) is 25.9. The number of carboxylic acid groups (broad SMARTS) is 1. The van der Waals surface area contributed by atoms with Crippen LogP contribution in [0.2, 0.25) is 0 Å². The van der Waals surface area contributed by atoms with Crippen LogP contribution in [-0.4, -0.2) is 59.3 Å². The maximum atomic E-state index is 14.2. The fourth-order valence-corrected chi connectivity index (χ4v) is 6.53. The standard InChI is InChI=1S/C35H48N2O5/c1-6-8-19-37(27-14-10-9-12-25(3)13-11-15-27)32(38)23-36-22-28(26-16-17-30-31(20-26)42-24-41-30)33(34(39)40)29(36)21-35(4,5)18-7-2/h7,9-10,12,14-18,20,25,28-29,33H,6,8,11,13,19,21-24H2,1-5H3,(H,39,40)/b12-9+,14-10-,18-7+,27-15+/t25?,28-,29+,33-/m1/s1. The summed E-state index contributed by atoms with van der Waals surface area (Å²) in [4.78, 5) is 31.1. The minimum absolute atomic E-state index is 0.0138. The second-order valence-electron chi connectivity index (χ2n) is 12.6. The molecule has 1 amide bonds. The largest absolute Gasteiger partial charge is 0.481 e. The molecule has 0 aromatic heterocycles. The van der Waals surface area contributed by atoms with Crippen LogP contribution in [-0.2, 0) is 9.59 Å². The quantitative estimate of drug-likeness (QED) is 0.288. The number of likely N-dealkylation sites (tertiary alicyclic amines) is 1. The Bertz CT molecular complexity index is 1230. The summed E-state index contributed by atoms with van der Waals surface area (Å²) in [6.07, 6.45) is 19.1. The number of hydrogen-bond donors (Lipinski definition) is 1. The van der Waals surface area contributed by atoms with Gasteiger partial charge in [-0.05, 0) is 67.7 Å². The van der Waals surface area contributed by atoms with Crippen molar-refractivity contribution < 1.29 is 24.2 Å². The summed E-state index contributed by atoms with van der Waals surface area (Å²) in [6, 6.07) is 5.41. The van der Waals surface area contributed by atoms with Crippen molar-refractivity contribution in [3.8, 4) is 11.5 Å². The average molecular weight is 577 g/mol. The van der Waals surface area contributed by atoms with Crippen LogP contribution in [0.1, 0.15) is 78.2 Å². The predicted molar refractivity (Wildman–Crippen MR) is 166 cm³/mol. The molecule has 0 bridgehead atoms. The van der Waals surface area contributed by atoms with E-state index in [2.05, 4.69) is 56.9 Å². The highest BCUT2D eigenvalue weighted by Crippen LogP contribution is 2.45. The third-order valence-corrected chi connectivity index (χ3v) is 8.69. The zero-order valence-electron chi connectivity index (χ0n) is 25.9. The van der Waals surface area contributed by atoms with Crippen molar-refractivity contribution in [2.45, 2.75) is 78.7 Å². The fourth-order valence-electron chi connectivity index (χ4n) is 6.53. The lowest BCUT2D eigenvalue weighted by molar-refractivity contribution is -0.144. The summed E-state index contributed by atoms with van der Waals surface area (Å²) in [5.74, 6) is 0.0356. The highest BCUT2D eigenvalue weighted by molar-refractivity contribution is 5.81. The Labute approximate surface area is 251 Å². The van der Waals surface area contributed by atoms with Gasteiger partial charge in [-0.25, -0.2) is 0 Å². The number of fused-ring (bicyclic) bond motifs is 1. The molecule has 1 aliphatic carbocycles. The van der Waals surface area contributed by atoms with E-state index in [1.54, 1.807) is 0 Å². The molecule has 228 valence electrons. The van der Waals surface area contributed by atoms with Crippen LogP contribution in [0.15, 0.2) is 66.4 Å². The molecule has 0 radical (unpaired) electrons. The summed E-state index contributed by atoms with van der Waals surface area (Å²) >= 11 is 0. The van der Waals surface area contributed by atoms with E-state index in [4.69, 9.17) is 9.47 Å². The molecule has 1 fully saturated rings. The highest BCUT2D eigenvalue weighted by atomic mass is 16.7. The molecule has 2 heterocycles. The van der Waals surface area contributed by atoms with E-state index < -0.39 is 11.9 Å². The normalized spacial score (nSPS) is 27.1. The van der Waals surface area contributed by atoms with Gasteiger partial charge in [0.25, 0.3) is 0 Å². The first-order valence-electron chi connectivity index (χ1n) is 15.5. The van der Waals surface area contributed by atoms with Gasteiger partial charge < -0.3 is 19.5 Å². The first-order chi connectivity index (χ1) is 20.1. The summed E-state index contributed by atoms with van der Waals surface area (Å²) in [6.45, 7) is 12.1. The second-order valence-corrected chi connectivity index (χ2v) is 12.6. The van der Waals surface area contributed by atoms with Gasteiger partial charge in [0.2, 0.25) is 12.7 Å². The topological polar surface area (TPSA) is 79.3 Å². The van der Waals surface area contributed by atoms with E-state index in [0.717, 1.165) is 36.9 Å². The summed E-state index contributed by atoms with van der Waals surface area (Å²) in [5.41, 5.74) is 1.60. The molecule has 1 aromatic rings. The predicted octanol–water partition coefficient (Wildman–Crippen LogP) is 6.93. The molecule has 1 N–H and O–H groups in total. The molecule has 2 aliphatic heterocycles. The molecule has 1 aromatic carbocycles. The Hall–Kier alpha value is -3.32. The maximum absolute atomic E-state index is 14.2. The minimum atomic E-state index is -0.834. The van der Waals surface area contributed by atoms with Crippen molar-refractivity contribution >= 4 is 11.9 Å². The van der Waals surface area contributed by atoms with Gasteiger partial charge in [0.15, 0.2) is 11.5 Å². The Kier molecular flexibility index (Phi) is 10.7. The lowest BCUT2D eigenvalue weighted by Gasteiger charge is -2.34. The molecule has 4 rings (SSSR count).